The van der Waals surface area contributed by atoms with Crippen molar-refractivity contribution in [1.82, 2.24) is 0 Å². The predicted octanol–water partition coefficient (Wildman–Crippen LogP) is 3.24. The maximum Gasteiger partial charge on any atom is 0.255 e. The maximum absolute atomic E-state index is 12.2. The number of halogens is 1. The third kappa shape index (κ3) is 4.09. The first-order valence-electron chi connectivity index (χ1n) is 6.37. The Balaban J connectivity index is 2.29. The number of benzene rings is 2. The Bertz CT molecular complexity index is 729. The van der Waals surface area contributed by atoms with Crippen LogP contribution in [0.5, 0.6) is 0 Å². The van der Waals surface area contributed by atoms with Gasteiger partial charge in [-0.3, -0.25) is 4.79 Å². The molecule has 1 amide bonds. The van der Waals surface area contributed by atoms with Crippen molar-refractivity contribution in [2.24, 2.45) is 0 Å². The smallest absolute Gasteiger partial charge is 0.255 e. The summed E-state index contributed by atoms with van der Waals surface area (Å²) in [7, 11) is 0. The number of aryl methyl sites for hydroxylation is 1. The third-order valence-corrected chi connectivity index (χ3v) is 3.05. The van der Waals surface area contributed by atoms with Gasteiger partial charge in [-0.15, -0.1) is 0 Å². The lowest BCUT2D eigenvalue weighted by molar-refractivity contribution is 0.102. The van der Waals surface area contributed by atoms with Crippen molar-refractivity contribution in [2.75, 3.05) is 11.9 Å². The van der Waals surface area contributed by atoms with E-state index in [4.69, 9.17) is 16.7 Å². The molecule has 2 N–H and O–H groups in total. The van der Waals surface area contributed by atoms with Gasteiger partial charge >= 0.3 is 0 Å². The number of rotatable bonds is 2. The minimum atomic E-state index is -0.256. The van der Waals surface area contributed by atoms with Crippen molar-refractivity contribution in [3.05, 3.63) is 64.2 Å². The van der Waals surface area contributed by atoms with Crippen LogP contribution in [-0.2, 0) is 0 Å². The van der Waals surface area contributed by atoms with Gasteiger partial charge in [0.25, 0.3) is 5.91 Å². The number of hydrogen-bond donors (Lipinski definition) is 2. The van der Waals surface area contributed by atoms with Gasteiger partial charge in [0.2, 0.25) is 0 Å². The molecule has 106 valence electrons. The molecule has 0 aliphatic rings. The van der Waals surface area contributed by atoms with Crippen LogP contribution < -0.4 is 5.32 Å². The van der Waals surface area contributed by atoms with Crippen LogP contribution in [0.25, 0.3) is 0 Å². The molecular weight excluding hydrogens is 286 g/mol. The second-order valence-electron chi connectivity index (χ2n) is 4.47. The first-order valence-corrected chi connectivity index (χ1v) is 6.75. The highest BCUT2D eigenvalue weighted by atomic mass is 35.5. The highest BCUT2D eigenvalue weighted by molar-refractivity contribution is 6.31. The average Bonchev–Trinajstić information content (AvgIpc) is 2.47. The quantitative estimate of drug-likeness (QED) is 0.836. The largest absolute Gasteiger partial charge is 0.384 e. The molecule has 0 aliphatic carbocycles. The van der Waals surface area contributed by atoms with Gasteiger partial charge in [0.05, 0.1) is 5.69 Å². The van der Waals surface area contributed by atoms with Crippen LogP contribution in [0, 0.1) is 18.8 Å². The van der Waals surface area contributed by atoms with E-state index < -0.39 is 0 Å². The van der Waals surface area contributed by atoms with E-state index in [2.05, 4.69) is 17.2 Å². The van der Waals surface area contributed by atoms with Crippen LogP contribution in [0.15, 0.2) is 42.5 Å². The molecule has 0 unspecified atom stereocenters. The Kier molecular flexibility index (Phi) is 4.99. The van der Waals surface area contributed by atoms with E-state index in [0.29, 0.717) is 21.8 Å². The van der Waals surface area contributed by atoms with Crippen LogP contribution in [0.2, 0.25) is 5.02 Å². The molecule has 3 nitrogen and oxygen atoms in total. The van der Waals surface area contributed by atoms with E-state index in [1.165, 1.54) is 0 Å². The number of carbonyl (C=O) groups excluding carboxylic acids is 1. The predicted molar refractivity (Wildman–Crippen MR) is 84.5 cm³/mol. The summed E-state index contributed by atoms with van der Waals surface area (Å²) in [5, 5.41) is 12.1. The van der Waals surface area contributed by atoms with Gasteiger partial charge in [0.1, 0.15) is 6.61 Å². The van der Waals surface area contributed by atoms with E-state index >= 15 is 0 Å². The van der Waals surface area contributed by atoms with Gasteiger partial charge < -0.3 is 10.4 Å². The fraction of sp³-hybridized carbons (Fsp3) is 0.118. The van der Waals surface area contributed by atoms with Gasteiger partial charge in [0.15, 0.2) is 0 Å². The van der Waals surface area contributed by atoms with E-state index in [1.54, 1.807) is 30.3 Å². The lowest BCUT2D eigenvalue weighted by atomic mass is 10.1. The molecule has 0 heterocycles. The van der Waals surface area contributed by atoms with Crippen molar-refractivity contribution < 1.29 is 9.90 Å². The fourth-order valence-electron chi connectivity index (χ4n) is 1.83. The SMILES string of the molecule is Cc1ccc(NC(=O)c2cccc(Cl)c2)c(C#CCO)c1. The van der Waals surface area contributed by atoms with E-state index in [9.17, 15) is 4.79 Å². The van der Waals surface area contributed by atoms with Crippen LogP contribution in [0.1, 0.15) is 21.5 Å². The first-order chi connectivity index (χ1) is 10.1. The summed E-state index contributed by atoms with van der Waals surface area (Å²) in [6, 6.07) is 12.3. The topological polar surface area (TPSA) is 49.3 Å². The molecule has 0 saturated carbocycles. The molecule has 0 bridgehead atoms. The molecular formula is C17H14ClNO2. The number of amides is 1. The maximum atomic E-state index is 12.2. The summed E-state index contributed by atoms with van der Waals surface area (Å²) in [6.45, 7) is 1.71. The molecule has 2 aromatic carbocycles. The Labute approximate surface area is 128 Å². The summed E-state index contributed by atoms with van der Waals surface area (Å²) in [6.07, 6.45) is 0. The molecule has 2 aromatic rings. The van der Waals surface area contributed by atoms with Gasteiger partial charge in [-0.1, -0.05) is 35.6 Å². The number of hydrogen-bond acceptors (Lipinski definition) is 2. The Morgan fingerprint density at radius 1 is 1.29 bits per heavy atom. The summed E-state index contributed by atoms with van der Waals surface area (Å²) >= 11 is 5.88. The monoisotopic (exact) mass is 299 g/mol. The highest BCUT2D eigenvalue weighted by Gasteiger charge is 2.09. The minimum Gasteiger partial charge on any atom is -0.384 e. The molecule has 0 aromatic heterocycles. The van der Waals surface area contributed by atoms with Crippen LogP contribution >= 0.6 is 11.6 Å². The Morgan fingerprint density at radius 3 is 2.81 bits per heavy atom. The zero-order valence-corrected chi connectivity index (χ0v) is 12.2. The Hall–Kier alpha value is -2.28. The van der Waals surface area contributed by atoms with Crippen LogP contribution in [-0.4, -0.2) is 17.6 Å². The van der Waals surface area contributed by atoms with Crippen molar-refractivity contribution in [2.45, 2.75) is 6.92 Å². The summed E-state index contributed by atoms with van der Waals surface area (Å²) < 4.78 is 0. The van der Waals surface area contributed by atoms with Gasteiger partial charge in [-0.2, -0.15) is 0 Å². The third-order valence-electron chi connectivity index (χ3n) is 2.81. The standard InChI is InChI=1S/C17H14ClNO2/c1-12-7-8-16(13(10-12)5-3-9-20)19-17(21)14-4-2-6-15(18)11-14/h2,4,6-8,10-11,20H,9H2,1H3,(H,19,21). The molecule has 0 saturated heterocycles. The molecule has 0 fully saturated rings. The zero-order chi connectivity index (χ0) is 15.2. The molecule has 0 radical (unpaired) electrons. The van der Waals surface area contributed by atoms with Crippen LogP contribution in [0.3, 0.4) is 0 Å². The highest BCUT2D eigenvalue weighted by Crippen LogP contribution is 2.18. The van der Waals surface area contributed by atoms with Gasteiger partial charge in [-0.05, 0) is 42.8 Å². The van der Waals surface area contributed by atoms with E-state index in [0.717, 1.165) is 5.56 Å². The van der Waals surface area contributed by atoms with E-state index in [1.807, 2.05) is 19.1 Å². The Morgan fingerprint density at radius 2 is 2.10 bits per heavy atom. The average molecular weight is 300 g/mol. The molecule has 0 spiro atoms. The molecule has 0 atom stereocenters. The molecule has 4 heteroatoms. The summed E-state index contributed by atoms with van der Waals surface area (Å²) in [5.74, 6) is 5.16. The molecule has 0 aliphatic heterocycles. The summed E-state index contributed by atoms with van der Waals surface area (Å²) in [4.78, 5) is 12.2. The first kappa shape index (κ1) is 15.1. The second kappa shape index (κ2) is 6.94. The zero-order valence-electron chi connectivity index (χ0n) is 11.5. The normalized spacial score (nSPS) is 9.67. The van der Waals surface area contributed by atoms with Crippen molar-refractivity contribution in [3.63, 3.8) is 0 Å². The van der Waals surface area contributed by atoms with Crippen molar-refractivity contribution in [3.8, 4) is 11.8 Å². The number of anilines is 1. The number of carbonyl (C=O) groups is 1. The lowest BCUT2D eigenvalue weighted by Crippen LogP contribution is -2.12. The fourth-order valence-corrected chi connectivity index (χ4v) is 2.02. The van der Waals surface area contributed by atoms with Gasteiger partial charge in [-0.25, -0.2) is 0 Å². The van der Waals surface area contributed by atoms with Gasteiger partial charge in [0, 0.05) is 16.1 Å². The summed E-state index contributed by atoms with van der Waals surface area (Å²) in [5.41, 5.74) is 2.77. The molecule has 2 rings (SSSR count). The number of nitrogens with one attached hydrogen (secondary N) is 1. The molecule has 21 heavy (non-hydrogen) atoms. The van der Waals surface area contributed by atoms with Crippen molar-refractivity contribution in [1.29, 1.82) is 0 Å². The van der Waals surface area contributed by atoms with E-state index in [-0.39, 0.29) is 12.5 Å². The lowest BCUT2D eigenvalue weighted by Gasteiger charge is -2.09. The minimum absolute atomic E-state index is 0.227. The number of aliphatic hydroxyl groups is 1. The van der Waals surface area contributed by atoms with Crippen LogP contribution in [0.4, 0.5) is 5.69 Å². The van der Waals surface area contributed by atoms with Crippen molar-refractivity contribution >= 4 is 23.2 Å². The number of aliphatic hydroxyl groups excluding tert-OH is 1. The second-order valence-corrected chi connectivity index (χ2v) is 4.91.